The minimum absolute atomic E-state index is 0.885. The molecule has 7 aromatic rings. The number of aryl methyl sites for hydroxylation is 6. The molecule has 0 amide bonds. The molecule has 0 spiro atoms. The van der Waals surface area contributed by atoms with Crippen molar-refractivity contribution in [3.8, 4) is 0 Å². The van der Waals surface area contributed by atoms with E-state index in [9.17, 15) is 9.59 Å². The van der Waals surface area contributed by atoms with E-state index in [-0.39, 0.29) is 0 Å². The summed E-state index contributed by atoms with van der Waals surface area (Å²) in [5.41, 5.74) is 11.4. The molecule has 0 N–H and O–H groups in total. The lowest BCUT2D eigenvalue weighted by molar-refractivity contribution is 0.111. The van der Waals surface area contributed by atoms with Crippen molar-refractivity contribution in [2.45, 2.75) is 311 Å². The lowest BCUT2D eigenvalue weighted by atomic mass is 9.87. The summed E-state index contributed by atoms with van der Waals surface area (Å²) in [6.45, 7) is 14.0. The van der Waals surface area contributed by atoms with Gasteiger partial charge in [0, 0.05) is 82.4 Å². The highest BCUT2D eigenvalue weighted by molar-refractivity contribution is 7.29. The van der Waals surface area contributed by atoms with Crippen LogP contribution in [0.15, 0.2) is 10.8 Å². The number of rotatable bonds is 44. The molecule has 3 aromatic carbocycles. The second-order valence-corrected chi connectivity index (χ2v) is 27.8. The van der Waals surface area contributed by atoms with E-state index in [4.69, 9.17) is 0 Å². The van der Waals surface area contributed by atoms with Gasteiger partial charge >= 0.3 is 0 Å². The van der Waals surface area contributed by atoms with Crippen LogP contribution in [0.25, 0.3) is 60.5 Å². The molecule has 0 atom stereocenters. The third kappa shape index (κ3) is 15.9. The summed E-state index contributed by atoms with van der Waals surface area (Å²) >= 11 is 8.02. The molecule has 0 aliphatic rings. The van der Waals surface area contributed by atoms with Gasteiger partial charge in [-0.3, -0.25) is 9.59 Å². The Morgan fingerprint density at radius 1 is 0.256 bits per heavy atom. The maximum atomic E-state index is 13.7. The van der Waals surface area contributed by atoms with Gasteiger partial charge in [0.15, 0.2) is 12.6 Å². The molecule has 2 nitrogen and oxygen atoms in total. The number of hydrogen-bond donors (Lipinski definition) is 0. The second-order valence-electron chi connectivity index (χ2n) is 24.0. The highest BCUT2D eigenvalue weighted by Crippen LogP contribution is 2.56. The molecule has 6 heteroatoms. The first-order valence-electron chi connectivity index (χ1n) is 33.2. The lowest BCUT2D eigenvalue weighted by Gasteiger charge is -2.16. The molecule has 0 radical (unpaired) electrons. The van der Waals surface area contributed by atoms with Gasteiger partial charge in [-0.1, -0.05) is 234 Å². The van der Waals surface area contributed by atoms with Gasteiger partial charge in [0.1, 0.15) is 0 Å². The molecular formula is C72H106O2S4. The van der Waals surface area contributed by atoms with Crippen LogP contribution in [0.2, 0.25) is 0 Å². The molecule has 0 aliphatic carbocycles. The fourth-order valence-corrected chi connectivity index (χ4v) is 18.7. The molecule has 0 saturated heterocycles. The summed E-state index contributed by atoms with van der Waals surface area (Å²) in [5, 5.41) is 12.6. The molecule has 0 unspecified atom stereocenters. The molecule has 4 aromatic heterocycles. The molecule has 0 fully saturated rings. The maximum Gasteiger partial charge on any atom is 0.151 e. The molecule has 0 aliphatic heterocycles. The first kappa shape index (κ1) is 63.0. The Hall–Kier alpha value is -2.64. The fourth-order valence-electron chi connectivity index (χ4n) is 13.4. The first-order chi connectivity index (χ1) is 38.5. The Labute approximate surface area is 491 Å². The van der Waals surface area contributed by atoms with Crippen LogP contribution < -0.4 is 0 Å². The number of fused-ring (bicyclic) bond motifs is 11. The zero-order valence-corrected chi connectivity index (χ0v) is 53.7. The van der Waals surface area contributed by atoms with Gasteiger partial charge in [-0.2, -0.15) is 0 Å². The van der Waals surface area contributed by atoms with Crippen LogP contribution in [-0.4, -0.2) is 12.6 Å². The van der Waals surface area contributed by atoms with Gasteiger partial charge in [-0.15, -0.1) is 45.3 Å². The minimum atomic E-state index is 0.885. The number of thiophene rings is 4. The Balaban J connectivity index is 1.59. The van der Waals surface area contributed by atoms with Crippen LogP contribution in [0.1, 0.15) is 327 Å². The summed E-state index contributed by atoms with van der Waals surface area (Å²) in [6, 6.07) is 0. The number of benzene rings is 3. The molecular weight excluding hydrogens is 1030 g/mol. The highest BCUT2D eigenvalue weighted by atomic mass is 32.1. The standard InChI is InChI=1S/C72H106O2S4/c1-7-13-19-25-31-37-43-55-57(45-39-33-27-21-15-9-3)69-63(61-53(49-73)51-75-67(55)61)65-66-64-62-54(50-74)52-76-68(62)56(44-38-32-26-20-14-8-2)58(46-40-34-28-22-16-10-4)70(64)78-72(66)60(48-42-36-30-24-18-12-6)59(71(65)77-69)47-41-35-29-23-17-11-5/h49-52H,7-48H2,1-6H3. The van der Waals surface area contributed by atoms with E-state index in [1.54, 1.807) is 33.4 Å². The predicted octanol–water partition coefficient (Wildman–Crippen LogP) is 25.9. The van der Waals surface area contributed by atoms with Gasteiger partial charge in [-0.05, 0) is 110 Å². The average Bonchev–Trinajstić information content (AvgIpc) is 4.18. The number of carbonyl (C=O) groups is 2. The minimum Gasteiger partial charge on any atom is -0.298 e. The van der Waals surface area contributed by atoms with E-state index < -0.39 is 0 Å². The summed E-state index contributed by atoms with van der Waals surface area (Å²) in [4.78, 5) is 27.3. The summed E-state index contributed by atoms with van der Waals surface area (Å²) in [7, 11) is 0. The van der Waals surface area contributed by atoms with Crippen molar-refractivity contribution < 1.29 is 9.59 Å². The van der Waals surface area contributed by atoms with Crippen molar-refractivity contribution in [2.24, 2.45) is 0 Å². The van der Waals surface area contributed by atoms with Crippen LogP contribution in [0.3, 0.4) is 0 Å². The number of hydrogen-bond acceptors (Lipinski definition) is 6. The topological polar surface area (TPSA) is 34.1 Å². The van der Waals surface area contributed by atoms with Crippen LogP contribution in [0.4, 0.5) is 0 Å². The zero-order valence-electron chi connectivity index (χ0n) is 50.5. The van der Waals surface area contributed by atoms with Gasteiger partial charge in [0.25, 0.3) is 0 Å². The molecule has 430 valence electrons. The number of aldehydes is 2. The largest absolute Gasteiger partial charge is 0.298 e. The van der Waals surface area contributed by atoms with Crippen molar-refractivity contribution in [1.82, 2.24) is 0 Å². The Kier molecular flexibility index (Phi) is 28.0. The Morgan fingerprint density at radius 3 is 0.667 bits per heavy atom. The third-order valence-corrected chi connectivity index (χ3v) is 22.6. The predicted molar refractivity (Wildman–Crippen MR) is 356 cm³/mol. The molecule has 78 heavy (non-hydrogen) atoms. The quantitative estimate of drug-likeness (QED) is 0.0282. The number of unbranched alkanes of at least 4 members (excludes halogenated alkanes) is 30. The van der Waals surface area contributed by atoms with E-state index in [1.165, 1.54) is 304 Å². The third-order valence-electron chi connectivity index (χ3n) is 17.9. The lowest BCUT2D eigenvalue weighted by Crippen LogP contribution is -1.99. The Bertz CT molecular complexity index is 2700. The van der Waals surface area contributed by atoms with Crippen molar-refractivity contribution in [3.05, 3.63) is 55.3 Å². The van der Waals surface area contributed by atoms with Gasteiger partial charge in [-0.25, -0.2) is 0 Å². The van der Waals surface area contributed by atoms with Crippen LogP contribution in [-0.2, 0) is 38.5 Å². The zero-order chi connectivity index (χ0) is 54.9. The molecule has 7 rings (SSSR count). The van der Waals surface area contributed by atoms with Crippen molar-refractivity contribution in [1.29, 1.82) is 0 Å². The van der Waals surface area contributed by atoms with E-state index in [0.717, 1.165) is 49.7 Å². The van der Waals surface area contributed by atoms with Crippen molar-refractivity contribution >= 4 is 118 Å². The van der Waals surface area contributed by atoms with Gasteiger partial charge in [0.2, 0.25) is 0 Å². The average molecular weight is 1130 g/mol. The monoisotopic (exact) mass is 1130 g/mol. The molecule has 0 bridgehead atoms. The van der Waals surface area contributed by atoms with E-state index in [2.05, 4.69) is 75.0 Å². The van der Waals surface area contributed by atoms with E-state index >= 15 is 0 Å². The van der Waals surface area contributed by atoms with Crippen molar-refractivity contribution in [2.75, 3.05) is 0 Å². The summed E-state index contributed by atoms with van der Waals surface area (Å²) in [5.74, 6) is 0. The summed E-state index contributed by atoms with van der Waals surface area (Å²) in [6.07, 6.45) is 55.6. The maximum absolute atomic E-state index is 13.7. The first-order valence-corrected chi connectivity index (χ1v) is 36.6. The number of carbonyl (C=O) groups excluding carboxylic acids is 2. The normalized spacial score (nSPS) is 12.2. The fraction of sp³-hybridized carbons (Fsp3) is 0.667. The second kappa shape index (κ2) is 34.7. The van der Waals surface area contributed by atoms with E-state index in [1.807, 2.05) is 22.7 Å². The highest BCUT2D eigenvalue weighted by Gasteiger charge is 2.30. The SMILES string of the molecule is CCCCCCCCc1c(CCCCCCCC)c2sc3c(CCCCCCCC)c(CCCCCCCC)c4sc5c(CCCCCCCC)c(CCCCCCCC)c6scc(C=O)c6c5c4c3c2c2c(C=O)csc12. The molecule has 0 saturated carbocycles. The Morgan fingerprint density at radius 2 is 0.449 bits per heavy atom. The van der Waals surface area contributed by atoms with Crippen molar-refractivity contribution in [3.63, 3.8) is 0 Å². The smallest absolute Gasteiger partial charge is 0.151 e. The van der Waals surface area contributed by atoms with Crippen LogP contribution >= 0.6 is 45.3 Å². The van der Waals surface area contributed by atoms with Crippen LogP contribution in [0, 0.1) is 0 Å². The van der Waals surface area contributed by atoms with Gasteiger partial charge in [0.05, 0.1) is 0 Å². The van der Waals surface area contributed by atoms with E-state index in [0.29, 0.717) is 0 Å². The molecule has 4 heterocycles. The van der Waals surface area contributed by atoms with Gasteiger partial charge < -0.3 is 0 Å². The van der Waals surface area contributed by atoms with Crippen LogP contribution in [0.5, 0.6) is 0 Å². The summed E-state index contributed by atoms with van der Waals surface area (Å²) < 4.78 is 8.78.